The van der Waals surface area contributed by atoms with Crippen molar-refractivity contribution in [3.63, 3.8) is 0 Å². The summed E-state index contributed by atoms with van der Waals surface area (Å²) in [4.78, 5) is 23.6. The summed E-state index contributed by atoms with van der Waals surface area (Å²) in [7, 11) is 1.28. The molecule has 112 valence electrons. The van der Waals surface area contributed by atoms with Gasteiger partial charge < -0.3 is 10.1 Å². The van der Waals surface area contributed by atoms with Crippen LogP contribution in [0.4, 0.5) is 10.7 Å². The first kappa shape index (κ1) is 14.8. The molecule has 21 heavy (non-hydrogen) atoms. The van der Waals surface area contributed by atoms with Gasteiger partial charge in [0.05, 0.1) is 7.11 Å². The van der Waals surface area contributed by atoms with Gasteiger partial charge in [-0.05, 0) is 18.1 Å². The molecule has 0 saturated carbocycles. The van der Waals surface area contributed by atoms with Crippen molar-refractivity contribution in [1.82, 2.24) is 19.9 Å². The van der Waals surface area contributed by atoms with Crippen LogP contribution in [0, 0.1) is 5.92 Å². The lowest BCUT2D eigenvalue weighted by molar-refractivity contribution is -0.143. The van der Waals surface area contributed by atoms with Crippen molar-refractivity contribution in [3.05, 3.63) is 24.4 Å². The molecule has 0 aromatic carbocycles. The Morgan fingerprint density at radius 1 is 1.29 bits per heavy atom. The number of nitrogens with zero attached hydrogens (tertiary/aromatic N) is 3. The lowest BCUT2D eigenvalue weighted by atomic mass is 10.1. The summed E-state index contributed by atoms with van der Waals surface area (Å²) in [5.74, 6) is -0.319. The average molecular weight is 291 g/mol. The fraction of sp³-hybridized carbons (Fsp3) is 0.385. The highest BCUT2D eigenvalue weighted by molar-refractivity contribution is 5.91. The van der Waals surface area contributed by atoms with Crippen LogP contribution < -0.4 is 10.6 Å². The monoisotopic (exact) mass is 291 g/mol. The zero-order chi connectivity index (χ0) is 15.4. The Bertz CT molecular complexity index is 652. The van der Waals surface area contributed by atoms with Crippen molar-refractivity contribution in [3.8, 4) is 0 Å². The molecule has 2 amide bonds. The fourth-order valence-electron chi connectivity index (χ4n) is 1.83. The Morgan fingerprint density at radius 3 is 2.71 bits per heavy atom. The van der Waals surface area contributed by atoms with Gasteiger partial charge in [0.25, 0.3) is 0 Å². The molecule has 8 heteroatoms. The van der Waals surface area contributed by atoms with E-state index in [0.29, 0.717) is 5.65 Å². The number of carbonyl (C=O) groups excluding carboxylic acids is 2. The Kier molecular flexibility index (Phi) is 4.36. The molecule has 2 rings (SSSR count). The topological polar surface area (TPSA) is 97.6 Å². The van der Waals surface area contributed by atoms with Gasteiger partial charge in [-0.2, -0.15) is 0 Å². The second-order valence-corrected chi connectivity index (χ2v) is 4.80. The number of nitrogens with one attached hydrogen (secondary N) is 2. The first-order valence-corrected chi connectivity index (χ1v) is 6.48. The van der Waals surface area contributed by atoms with Crippen LogP contribution in [0.25, 0.3) is 5.65 Å². The third kappa shape index (κ3) is 3.28. The lowest BCUT2D eigenvalue weighted by Gasteiger charge is -2.19. The van der Waals surface area contributed by atoms with Gasteiger partial charge in [0.2, 0.25) is 5.95 Å². The first-order chi connectivity index (χ1) is 10.0. The minimum absolute atomic E-state index is 0.0988. The van der Waals surface area contributed by atoms with Crippen molar-refractivity contribution in [2.24, 2.45) is 5.92 Å². The van der Waals surface area contributed by atoms with E-state index in [1.54, 1.807) is 22.7 Å². The van der Waals surface area contributed by atoms with E-state index in [2.05, 4.69) is 25.6 Å². The largest absolute Gasteiger partial charge is 0.467 e. The van der Waals surface area contributed by atoms with E-state index >= 15 is 0 Å². The summed E-state index contributed by atoms with van der Waals surface area (Å²) in [5, 5.41) is 12.9. The molecule has 0 radical (unpaired) electrons. The highest BCUT2D eigenvalue weighted by Crippen LogP contribution is 2.08. The second kappa shape index (κ2) is 6.21. The Labute approximate surface area is 121 Å². The van der Waals surface area contributed by atoms with Crippen molar-refractivity contribution in [2.75, 3.05) is 12.4 Å². The van der Waals surface area contributed by atoms with Crippen LogP contribution in [-0.2, 0) is 9.53 Å². The minimum atomic E-state index is -0.728. The summed E-state index contributed by atoms with van der Waals surface area (Å²) in [6.45, 7) is 3.63. The molecule has 0 aliphatic carbocycles. The number of hydrogen-bond acceptors (Lipinski definition) is 5. The van der Waals surface area contributed by atoms with E-state index in [1.165, 1.54) is 7.11 Å². The predicted molar refractivity (Wildman–Crippen MR) is 75.8 cm³/mol. The van der Waals surface area contributed by atoms with E-state index in [4.69, 9.17) is 0 Å². The van der Waals surface area contributed by atoms with Gasteiger partial charge in [-0.3, -0.25) is 9.72 Å². The summed E-state index contributed by atoms with van der Waals surface area (Å²) >= 11 is 0. The molecule has 2 aromatic rings. The number of amides is 2. The number of ether oxygens (including phenoxy) is 1. The highest BCUT2D eigenvalue weighted by Gasteiger charge is 2.25. The van der Waals surface area contributed by atoms with Crippen molar-refractivity contribution in [1.29, 1.82) is 0 Å². The van der Waals surface area contributed by atoms with Crippen molar-refractivity contribution >= 4 is 23.6 Å². The van der Waals surface area contributed by atoms with Crippen LogP contribution in [-0.4, -0.2) is 39.8 Å². The maximum absolute atomic E-state index is 12.0. The molecule has 1 atom stereocenters. The van der Waals surface area contributed by atoms with Gasteiger partial charge in [0.1, 0.15) is 6.04 Å². The van der Waals surface area contributed by atoms with Gasteiger partial charge in [0.15, 0.2) is 5.65 Å². The molecular formula is C13H17N5O3. The van der Waals surface area contributed by atoms with E-state index in [9.17, 15) is 9.59 Å². The SMILES string of the molecule is COC(=O)[C@@H](NC(=O)Nc1nnc2ccccn12)C(C)C. The number of methoxy groups -OCH3 is 1. The van der Waals surface area contributed by atoms with Gasteiger partial charge in [-0.25, -0.2) is 9.59 Å². The van der Waals surface area contributed by atoms with E-state index in [-0.39, 0.29) is 11.9 Å². The van der Waals surface area contributed by atoms with Crippen LogP contribution in [0.1, 0.15) is 13.8 Å². The third-order valence-electron chi connectivity index (χ3n) is 2.95. The van der Waals surface area contributed by atoms with Crippen molar-refractivity contribution < 1.29 is 14.3 Å². The maximum Gasteiger partial charge on any atom is 0.328 e. The van der Waals surface area contributed by atoms with Crippen LogP contribution in [0.15, 0.2) is 24.4 Å². The number of fused-ring (bicyclic) bond motifs is 1. The normalized spacial score (nSPS) is 12.2. The number of hydrogen-bond donors (Lipinski definition) is 2. The zero-order valence-electron chi connectivity index (χ0n) is 12.0. The summed E-state index contributed by atoms with van der Waals surface area (Å²) < 4.78 is 6.29. The number of rotatable bonds is 4. The van der Waals surface area contributed by atoms with Gasteiger partial charge >= 0.3 is 12.0 Å². The quantitative estimate of drug-likeness (QED) is 0.820. The zero-order valence-corrected chi connectivity index (χ0v) is 12.0. The summed E-state index contributed by atoms with van der Waals surface area (Å²) in [6, 6.07) is 4.11. The smallest absolute Gasteiger partial charge is 0.328 e. The molecule has 0 aliphatic rings. The lowest BCUT2D eigenvalue weighted by Crippen LogP contribution is -2.46. The number of carbonyl (C=O) groups is 2. The predicted octanol–water partition coefficient (Wildman–Crippen LogP) is 1.05. The standard InChI is InChI=1S/C13H17N5O3/c1-8(2)10(11(19)21-3)14-13(20)15-12-17-16-9-6-4-5-7-18(9)12/h4-8,10H,1-3H3,(H2,14,15,17,20)/t10-/m0/s1. The number of pyridine rings is 1. The molecule has 2 N–H and O–H groups in total. The summed E-state index contributed by atoms with van der Waals surface area (Å²) in [6.07, 6.45) is 1.73. The second-order valence-electron chi connectivity index (χ2n) is 4.80. The Hall–Kier alpha value is -2.64. The highest BCUT2D eigenvalue weighted by atomic mass is 16.5. The van der Waals surface area contributed by atoms with Crippen LogP contribution in [0.5, 0.6) is 0 Å². The molecule has 0 unspecified atom stereocenters. The number of anilines is 1. The average Bonchev–Trinajstić information content (AvgIpc) is 2.87. The minimum Gasteiger partial charge on any atom is -0.467 e. The fourth-order valence-corrected chi connectivity index (χ4v) is 1.83. The maximum atomic E-state index is 12.0. The molecule has 0 aliphatic heterocycles. The van der Waals surface area contributed by atoms with Crippen LogP contribution in [0.2, 0.25) is 0 Å². The molecule has 0 saturated heterocycles. The molecular weight excluding hydrogens is 274 g/mol. The van der Waals surface area contributed by atoms with Gasteiger partial charge in [-0.15, -0.1) is 10.2 Å². The third-order valence-corrected chi connectivity index (χ3v) is 2.95. The van der Waals surface area contributed by atoms with Gasteiger partial charge in [-0.1, -0.05) is 19.9 Å². The number of aromatic nitrogens is 3. The number of esters is 1. The van der Waals surface area contributed by atoms with Crippen LogP contribution in [0.3, 0.4) is 0 Å². The Morgan fingerprint density at radius 2 is 2.05 bits per heavy atom. The number of urea groups is 1. The van der Waals surface area contributed by atoms with E-state index in [0.717, 1.165) is 0 Å². The van der Waals surface area contributed by atoms with E-state index < -0.39 is 18.0 Å². The summed E-state index contributed by atoms with van der Waals surface area (Å²) in [5.41, 5.74) is 0.612. The molecule has 8 nitrogen and oxygen atoms in total. The molecule has 2 aromatic heterocycles. The molecule has 0 bridgehead atoms. The first-order valence-electron chi connectivity index (χ1n) is 6.48. The molecule has 0 spiro atoms. The van der Waals surface area contributed by atoms with Gasteiger partial charge in [0, 0.05) is 6.20 Å². The molecule has 2 heterocycles. The Balaban J connectivity index is 2.09. The molecule has 0 fully saturated rings. The van der Waals surface area contributed by atoms with E-state index in [1.807, 2.05) is 19.9 Å². The van der Waals surface area contributed by atoms with Crippen LogP contribution >= 0.6 is 0 Å². The van der Waals surface area contributed by atoms with Crippen molar-refractivity contribution in [2.45, 2.75) is 19.9 Å².